The smallest absolute Gasteiger partial charge is 0.311 e. The predicted molar refractivity (Wildman–Crippen MR) is 228 cm³/mol. The molecule has 4 rings (SSSR count). The van der Waals surface area contributed by atoms with E-state index in [-0.39, 0.29) is 41.6 Å². The van der Waals surface area contributed by atoms with Crippen LogP contribution in [-0.4, -0.2) is 98.3 Å². The van der Waals surface area contributed by atoms with E-state index in [1.54, 1.807) is 13.8 Å². The van der Waals surface area contributed by atoms with Crippen molar-refractivity contribution in [2.75, 3.05) is 19.8 Å². The third kappa shape index (κ3) is 16.8. The Bertz CT molecular complexity index is 1520. The minimum Gasteiger partial charge on any atom is -0.457 e. The fourth-order valence-corrected chi connectivity index (χ4v) is 6.61. The number of hydrogen-bond donors (Lipinski definition) is 0. The maximum Gasteiger partial charge on any atom is 0.311 e. The molecule has 14 unspecified atom stereocenters. The molecule has 1 aromatic rings. The van der Waals surface area contributed by atoms with Gasteiger partial charge in [0.15, 0.2) is 30.9 Å². The normalized spacial score (nSPS) is 31.0. The van der Waals surface area contributed by atoms with Crippen molar-refractivity contribution in [1.82, 2.24) is 0 Å². The van der Waals surface area contributed by atoms with Gasteiger partial charge in [-0.05, 0) is 48.3 Å². The quantitative estimate of drug-likeness (QED) is 0.0997. The summed E-state index contributed by atoms with van der Waals surface area (Å²) in [6.07, 6.45) is -3.97. The standard InChI is InChI=1S/C30H48O13.C10H14.C6H11ClO/c1-10-14(2)27(34)43-30-26(40-21(9)33)18(6)23(13-37-30)42-29-25(39-20(8)32)17(5)22(12-36-29)41-28-24(38-19(7)31)16(4)15(3)11-35-28;1-3-9(2)10-7-5-4-6-8-10;1-4-6(2,3)5(7)8/h14-18,22-26,28-30H,10-13H2,1-9H3;4-9H,3H2,1-2H3;4H2,1-3H3. The van der Waals surface area contributed by atoms with Crippen LogP contribution in [0, 0.1) is 35.0 Å². The summed E-state index contributed by atoms with van der Waals surface area (Å²) in [7, 11) is 0. The molecule has 0 aliphatic carbocycles. The fraction of sp³-hybridized carbons (Fsp3) is 0.761. The van der Waals surface area contributed by atoms with Gasteiger partial charge >= 0.3 is 23.9 Å². The Kier molecular flexibility index (Phi) is 22.9. The Morgan fingerprint density at radius 1 is 0.656 bits per heavy atom. The first kappa shape index (κ1) is 54.0. The van der Waals surface area contributed by atoms with E-state index < -0.39 is 85.1 Å². The van der Waals surface area contributed by atoms with Gasteiger partial charge in [0.05, 0.1) is 37.9 Å². The monoisotopic (exact) mass is 884 g/mol. The lowest BCUT2D eigenvalue weighted by atomic mass is 9.88. The van der Waals surface area contributed by atoms with Gasteiger partial charge in [-0.1, -0.05) is 106 Å². The highest BCUT2D eigenvalue weighted by Gasteiger charge is 2.49. The zero-order chi connectivity index (χ0) is 46.2. The first-order valence-electron chi connectivity index (χ1n) is 21.7. The number of carbonyl (C=O) groups is 5. The molecule has 3 heterocycles. The molecule has 0 amide bonds. The van der Waals surface area contributed by atoms with Crippen LogP contribution in [0.25, 0.3) is 0 Å². The van der Waals surface area contributed by atoms with Gasteiger partial charge in [-0.2, -0.15) is 0 Å². The first-order chi connectivity index (χ1) is 28.6. The highest BCUT2D eigenvalue weighted by molar-refractivity contribution is 6.64. The van der Waals surface area contributed by atoms with Crippen molar-refractivity contribution in [2.45, 2.75) is 172 Å². The Balaban J connectivity index is 0.000000584. The molecule has 3 aliphatic rings. The molecule has 0 bridgehead atoms. The van der Waals surface area contributed by atoms with Gasteiger partial charge in [0.25, 0.3) is 0 Å². The molecule has 348 valence electrons. The van der Waals surface area contributed by atoms with Crippen LogP contribution in [0.3, 0.4) is 0 Å². The molecule has 3 fully saturated rings. The second-order valence-corrected chi connectivity index (χ2v) is 17.6. The van der Waals surface area contributed by atoms with Crippen LogP contribution < -0.4 is 0 Å². The van der Waals surface area contributed by atoms with Crippen LogP contribution in [0.4, 0.5) is 0 Å². The van der Waals surface area contributed by atoms with E-state index in [1.165, 1.54) is 32.8 Å². The number of carbonyl (C=O) groups excluding carboxylic acids is 5. The average Bonchev–Trinajstić information content (AvgIpc) is 3.21. The van der Waals surface area contributed by atoms with Crippen LogP contribution in [-0.2, 0) is 66.6 Å². The predicted octanol–water partition coefficient (Wildman–Crippen LogP) is 8.14. The first-order valence-corrected chi connectivity index (χ1v) is 22.1. The summed E-state index contributed by atoms with van der Waals surface area (Å²) in [6.45, 7) is 25.7. The molecular formula is C46H73ClO14. The zero-order valence-electron chi connectivity index (χ0n) is 38.8. The van der Waals surface area contributed by atoms with Crippen molar-refractivity contribution < 1.29 is 66.6 Å². The maximum absolute atomic E-state index is 12.5. The number of rotatable bonds is 14. The van der Waals surface area contributed by atoms with Gasteiger partial charge in [0.2, 0.25) is 11.5 Å². The summed E-state index contributed by atoms with van der Waals surface area (Å²) in [6, 6.07) is 10.6. The van der Waals surface area contributed by atoms with Gasteiger partial charge in [-0.15, -0.1) is 0 Å². The molecule has 15 heteroatoms. The van der Waals surface area contributed by atoms with Crippen molar-refractivity contribution in [1.29, 1.82) is 0 Å². The lowest BCUT2D eigenvalue weighted by molar-refractivity contribution is -0.333. The van der Waals surface area contributed by atoms with E-state index in [2.05, 4.69) is 44.2 Å². The lowest BCUT2D eigenvalue weighted by Gasteiger charge is -2.46. The number of hydrogen-bond acceptors (Lipinski definition) is 14. The molecular weight excluding hydrogens is 812 g/mol. The van der Waals surface area contributed by atoms with Crippen molar-refractivity contribution in [2.24, 2.45) is 35.0 Å². The highest BCUT2D eigenvalue weighted by Crippen LogP contribution is 2.36. The van der Waals surface area contributed by atoms with Crippen LogP contribution in [0.1, 0.15) is 128 Å². The van der Waals surface area contributed by atoms with Crippen molar-refractivity contribution in [3.63, 3.8) is 0 Å². The van der Waals surface area contributed by atoms with Crippen LogP contribution in [0.2, 0.25) is 0 Å². The summed E-state index contributed by atoms with van der Waals surface area (Å²) >= 11 is 5.23. The molecule has 0 radical (unpaired) electrons. The second-order valence-electron chi connectivity index (χ2n) is 17.2. The van der Waals surface area contributed by atoms with Crippen LogP contribution >= 0.6 is 11.6 Å². The zero-order valence-corrected chi connectivity index (χ0v) is 39.6. The SMILES string of the molecule is CCC(C)(C)C(=O)Cl.CCC(C)C(=O)OC1OCC(OC2OCC(OC3OCC(C)C(C)C3OC(C)=O)C(C)C2OC(C)=O)C(C)C1OC(C)=O.CCC(C)c1ccccc1. The summed E-state index contributed by atoms with van der Waals surface area (Å²) in [5.41, 5.74) is 1.12. The van der Waals surface area contributed by atoms with E-state index in [4.69, 9.17) is 54.2 Å². The minimum atomic E-state index is -1.10. The van der Waals surface area contributed by atoms with Gasteiger partial charge < -0.3 is 42.6 Å². The van der Waals surface area contributed by atoms with Gasteiger partial charge in [-0.3, -0.25) is 24.0 Å². The number of esters is 4. The Morgan fingerprint density at radius 3 is 1.48 bits per heavy atom. The fourth-order valence-electron chi connectivity index (χ4n) is 6.48. The largest absolute Gasteiger partial charge is 0.457 e. The molecule has 0 spiro atoms. The van der Waals surface area contributed by atoms with Crippen molar-refractivity contribution in [3.05, 3.63) is 35.9 Å². The minimum absolute atomic E-state index is 0.00551. The Hall–Kier alpha value is -3.14. The lowest BCUT2D eigenvalue weighted by Crippen LogP contribution is -2.58. The highest BCUT2D eigenvalue weighted by atomic mass is 35.5. The number of halogens is 1. The van der Waals surface area contributed by atoms with E-state index in [9.17, 15) is 24.0 Å². The van der Waals surface area contributed by atoms with E-state index >= 15 is 0 Å². The number of ether oxygens (including phenoxy) is 9. The molecule has 0 saturated carbocycles. The Morgan fingerprint density at radius 2 is 1.08 bits per heavy atom. The molecule has 0 aromatic heterocycles. The molecule has 61 heavy (non-hydrogen) atoms. The van der Waals surface area contributed by atoms with Gasteiger partial charge in [0, 0.05) is 43.9 Å². The number of benzene rings is 1. The summed E-state index contributed by atoms with van der Waals surface area (Å²) < 4.78 is 52.6. The van der Waals surface area contributed by atoms with E-state index in [0.717, 1.165) is 6.42 Å². The molecule has 14 atom stereocenters. The van der Waals surface area contributed by atoms with Crippen molar-refractivity contribution >= 4 is 40.7 Å². The van der Waals surface area contributed by atoms with Crippen LogP contribution in [0.15, 0.2) is 30.3 Å². The van der Waals surface area contributed by atoms with Gasteiger partial charge in [-0.25, -0.2) is 0 Å². The molecule has 3 aliphatic heterocycles. The summed E-state index contributed by atoms with van der Waals surface area (Å²) in [4.78, 5) is 58.8. The molecule has 1 aromatic carbocycles. The van der Waals surface area contributed by atoms with E-state index in [0.29, 0.717) is 18.9 Å². The third-order valence-electron chi connectivity index (χ3n) is 12.0. The van der Waals surface area contributed by atoms with Crippen molar-refractivity contribution in [3.8, 4) is 0 Å². The topological polar surface area (TPSA) is 168 Å². The maximum atomic E-state index is 12.5. The van der Waals surface area contributed by atoms with Gasteiger partial charge in [0.1, 0.15) is 0 Å². The summed E-state index contributed by atoms with van der Waals surface area (Å²) in [5, 5.41) is -0.250. The van der Waals surface area contributed by atoms with Crippen LogP contribution in [0.5, 0.6) is 0 Å². The van der Waals surface area contributed by atoms with E-state index in [1.807, 2.05) is 48.5 Å². The second kappa shape index (κ2) is 25.8. The average molecular weight is 886 g/mol. The third-order valence-corrected chi connectivity index (χ3v) is 12.5. The molecule has 0 N–H and O–H groups in total. The Labute approximate surface area is 368 Å². The molecule has 14 nitrogen and oxygen atoms in total. The molecule has 3 saturated heterocycles. The summed E-state index contributed by atoms with van der Waals surface area (Å²) in [5.74, 6) is -2.36.